The van der Waals surface area contributed by atoms with Gasteiger partial charge in [0.2, 0.25) is 5.91 Å². The van der Waals surface area contributed by atoms with Crippen LogP contribution in [-0.2, 0) is 9.53 Å². The first-order chi connectivity index (χ1) is 8.25. The first-order valence-corrected chi connectivity index (χ1v) is 5.45. The molecule has 0 aromatic heterocycles. The zero-order valence-electron chi connectivity index (χ0n) is 10.8. The Morgan fingerprint density at radius 2 is 1.89 bits per heavy atom. The van der Waals surface area contributed by atoms with Crippen molar-refractivity contribution in [3.8, 4) is 0 Å². The summed E-state index contributed by atoms with van der Waals surface area (Å²) in [5.41, 5.74) is -0.473. The van der Waals surface area contributed by atoms with Gasteiger partial charge < -0.3 is 10.1 Å². The highest BCUT2D eigenvalue weighted by atomic mass is 19.1. The van der Waals surface area contributed by atoms with Gasteiger partial charge in [0.15, 0.2) is 0 Å². The van der Waals surface area contributed by atoms with Crippen LogP contribution in [0, 0.1) is 11.2 Å². The molecule has 1 aromatic rings. The van der Waals surface area contributed by atoms with E-state index in [1.165, 1.54) is 19.2 Å². The summed E-state index contributed by atoms with van der Waals surface area (Å²) < 4.78 is 18.1. The molecule has 5 heteroatoms. The predicted molar refractivity (Wildman–Crippen MR) is 65.8 cm³/mol. The summed E-state index contributed by atoms with van der Waals surface area (Å²) in [4.78, 5) is 22.9. The fraction of sp³-hybridized carbons (Fsp3) is 0.385. The van der Waals surface area contributed by atoms with E-state index in [1.54, 1.807) is 20.8 Å². The molecule has 0 atom stereocenters. The molecule has 0 heterocycles. The first kappa shape index (κ1) is 14.2. The van der Waals surface area contributed by atoms with Gasteiger partial charge >= 0.3 is 5.97 Å². The van der Waals surface area contributed by atoms with Crippen molar-refractivity contribution in [3.63, 3.8) is 0 Å². The van der Waals surface area contributed by atoms with Crippen molar-refractivity contribution >= 4 is 17.6 Å². The molecule has 1 amide bonds. The number of anilines is 1. The quantitative estimate of drug-likeness (QED) is 0.824. The van der Waals surface area contributed by atoms with E-state index in [0.717, 1.165) is 6.07 Å². The third-order valence-electron chi connectivity index (χ3n) is 2.32. The summed E-state index contributed by atoms with van der Waals surface area (Å²) in [6, 6.07) is 3.77. The van der Waals surface area contributed by atoms with E-state index in [1.807, 2.05) is 0 Å². The largest absolute Gasteiger partial charge is 0.465 e. The van der Waals surface area contributed by atoms with Crippen molar-refractivity contribution in [2.75, 3.05) is 12.4 Å². The summed E-state index contributed by atoms with van der Waals surface area (Å²) in [7, 11) is 1.22. The Kier molecular flexibility index (Phi) is 4.06. The van der Waals surface area contributed by atoms with Gasteiger partial charge in [-0.3, -0.25) is 4.79 Å². The molecule has 0 aliphatic carbocycles. The molecule has 0 fully saturated rings. The Morgan fingerprint density at radius 3 is 2.33 bits per heavy atom. The number of benzene rings is 1. The van der Waals surface area contributed by atoms with Crippen LogP contribution in [0.2, 0.25) is 0 Å². The summed E-state index contributed by atoms with van der Waals surface area (Å²) in [5, 5.41) is 2.47. The van der Waals surface area contributed by atoms with Crippen LogP contribution in [0.15, 0.2) is 18.2 Å². The molecule has 0 aliphatic heterocycles. The van der Waals surface area contributed by atoms with Crippen molar-refractivity contribution < 1.29 is 18.7 Å². The number of rotatable bonds is 2. The third-order valence-corrected chi connectivity index (χ3v) is 2.32. The van der Waals surface area contributed by atoms with Gasteiger partial charge in [-0.05, 0) is 18.2 Å². The predicted octanol–water partition coefficient (Wildman–Crippen LogP) is 2.60. The lowest BCUT2D eigenvalue weighted by Gasteiger charge is -2.18. The van der Waals surface area contributed by atoms with E-state index in [0.29, 0.717) is 0 Å². The highest BCUT2D eigenvalue weighted by molar-refractivity contribution is 5.95. The topological polar surface area (TPSA) is 55.4 Å². The van der Waals surface area contributed by atoms with Crippen molar-refractivity contribution in [1.29, 1.82) is 0 Å². The van der Waals surface area contributed by atoms with Crippen LogP contribution in [-0.4, -0.2) is 19.0 Å². The van der Waals surface area contributed by atoms with Crippen molar-refractivity contribution in [2.24, 2.45) is 5.41 Å². The van der Waals surface area contributed by atoms with E-state index in [2.05, 4.69) is 10.1 Å². The highest BCUT2D eigenvalue weighted by Gasteiger charge is 2.22. The third kappa shape index (κ3) is 3.29. The summed E-state index contributed by atoms with van der Waals surface area (Å²) >= 11 is 0. The number of nitrogens with one attached hydrogen (secondary N) is 1. The molecule has 0 saturated heterocycles. The van der Waals surface area contributed by atoms with Gasteiger partial charge in [-0.2, -0.15) is 0 Å². The average molecular weight is 253 g/mol. The second-order valence-electron chi connectivity index (χ2n) is 4.89. The zero-order chi connectivity index (χ0) is 13.9. The molecule has 18 heavy (non-hydrogen) atoms. The number of amides is 1. The molecule has 0 aliphatic rings. The normalized spacial score (nSPS) is 10.9. The van der Waals surface area contributed by atoms with Gasteiger partial charge in [-0.1, -0.05) is 20.8 Å². The number of halogens is 1. The molecule has 0 spiro atoms. The maximum atomic E-state index is 13.7. The first-order valence-electron chi connectivity index (χ1n) is 5.45. The van der Waals surface area contributed by atoms with Gasteiger partial charge in [0, 0.05) is 5.41 Å². The van der Waals surface area contributed by atoms with Crippen molar-refractivity contribution in [1.82, 2.24) is 0 Å². The lowest BCUT2D eigenvalue weighted by molar-refractivity contribution is -0.123. The number of esters is 1. The minimum Gasteiger partial charge on any atom is -0.465 e. The Bertz CT molecular complexity index is 478. The van der Waals surface area contributed by atoms with Crippen LogP contribution >= 0.6 is 0 Å². The molecule has 4 nitrogen and oxygen atoms in total. The number of methoxy groups -OCH3 is 1. The van der Waals surface area contributed by atoms with E-state index < -0.39 is 17.2 Å². The molecular formula is C13H16FNO3. The fourth-order valence-corrected chi connectivity index (χ4v) is 1.17. The van der Waals surface area contributed by atoms with Gasteiger partial charge in [-0.15, -0.1) is 0 Å². The summed E-state index contributed by atoms with van der Waals surface area (Å²) in [6.07, 6.45) is 0. The molecule has 98 valence electrons. The van der Waals surface area contributed by atoms with E-state index >= 15 is 0 Å². The number of carbonyl (C=O) groups excluding carboxylic acids is 2. The molecule has 0 bridgehead atoms. The number of carbonyl (C=O) groups is 2. The maximum absolute atomic E-state index is 13.7. The molecule has 0 saturated carbocycles. The summed E-state index contributed by atoms with van der Waals surface area (Å²) in [6.45, 7) is 5.18. The van der Waals surface area contributed by atoms with E-state index in [4.69, 9.17) is 0 Å². The highest BCUT2D eigenvalue weighted by Crippen LogP contribution is 2.20. The Balaban J connectivity index is 2.94. The van der Waals surface area contributed by atoms with Crippen LogP contribution in [0.5, 0.6) is 0 Å². The zero-order valence-corrected chi connectivity index (χ0v) is 10.8. The lowest BCUT2D eigenvalue weighted by Crippen LogP contribution is -2.28. The number of ether oxygens (including phenoxy) is 1. The second-order valence-corrected chi connectivity index (χ2v) is 4.89. The molecular weight excluding hydrogens is 237 g/mol. The Labute approximate surface area is 105 Å². The molecule has 1 rings (SSSR count). The summed E-state index contributed by atoms with van der Waals surface area (Å²) in [5.74, 6) is -1.59. The Hall–Kier alpha value is -1.91. The second kappa shape index (κ2) is 5.16. The van der Waals surface area contributed by atoms with Crippen LogP contribution in [0.4, 0.5) is 10.1 Å². The standard InChI is InChI=1S/C13H16FNO3/c1-13(2,3)12(17)15-10-6-5-8(7-9(10)14)11(16)18-4/h5-7H,1-4H3,(H,15,17). The van der Waals surface area contributed by atoms with Gasteiger partial charge in [0.05, 0.1) is 18.4 Å². The number of hydrogen-bond acceptors (Lipinski definition) is 3. The monoisotopic (exact) mass is 253 g/mol. The average Bonchev–Trinajstić information content (AvgIpc) is 2.29. The molecule has 0 unspecified atom stereocenters. The minimum atomic E-state index is -0.671. The minimum absolute atomic E-state index is 0.0441. The van der Waals surface area contributed by atoms with Crippen LogP contribution in [0.3, 0.4) is 0 Å². The molecule has 1 N–H and O–H groups in total. The van der Waals surface area contributed by atoms with E-state index in [-0.39, 0.29) is 17.2 Å². The van der Waals surface area contributed by atoms with Gasteiger partial charge in [0.25, 0.3) is 0 Å². The van der Waals surface area contributed by atoms with Crippen molar-refractivity contribution in [2.45, 2.75) is 20.8 Å². The van der Waals surface area contributed by atoms with Gasteiger partial charge in [0.1, 0.15) is 5.82 Å². The SMILES string of the molecule is COC(=O)c1ccc(NC(=O)C(C)(C)C)c(F)c1. The smallest absolute Gasteiger partial charge is 0.337 e. The van der Waals surface area contributed by atoms with Crippen LogP contribution < -0.4 is 5.32 Å². The molecule has 1 aromatic carbocycles. The number of hydrogen-bond donors (Lipinski definition) is 1. The van der Waals surface area contributed by atoms with Crippen LogP contribution in [0.25, 0.3) is 0 Å². The maximum Gasteiger partial charge on any atom is 0.337 e. The Morgan fingerprint density at radius 1 is 1.28 bits per heavy atom. The van der Waals surface area contributed by atoms with Crippen LogP contribution in [0.1, 0.15) is 31.1 Å². The lowest BCUT2D eigenvalue weighted by atomic mass is 9.95. The van der Waals surface area contributed by atoms with Gasteiger partial charge in [-0.25, -0.2) is 9.18 Å². The van der Waals surface area contributed by atoms with Crippen molar-refractivity contribution in [3.05, 3.63) is 29.6 Å². The van der Waals surface area contributed by atoms with E-state index in [9.17, 15) is 14.0 Å². The fourth-order valence-electron chi connectivity index (χ4n) is 1.17. The molecule has 0 radical (unpaired) electrons.